The highest BCUT2D eigenvalue weighted by Crippen LogP contribution is 2.36. The molecule has 1 aromatic heterocycles. The van der Waals surface area contributed by atoms with Crippen molar-refractivity contribution < 1.29 is 24.3 Å². The molecule has 2 saturated heterocycles. The lowest BCUT2D eigenvalue weighted by atomic mass is 9.81. The topological polar surface area (TPSA) is 108 Å². The third-order valence-electron chi connectivity index (χ3n) is 5.61. The van der Waals surface area contributed by atoms with Gasteiger partial charge < -0.3 is 24.4 Å². The van der Waals surface area contributed by atoms with Crippen LogP contribution in [0.4, 0.5) is 5.95 Å². The first-order valence-corrected chi connectivity index (χ1v) is 9.15. The second kappa shape index (κ2) is 7.35. The van der Waals surface area contributed by atoms with Crippen molar-refractivity contribution in [2.24, 2.45) is 0 Å². The molecule has 0 bridgehead atoms. The van der Waals surface area contributed by atoms with Crippen LogP contribution in [-0.4, -0.2) is 88.2 Å². The number of aromatic nitrogens is 2. The number of nitrogens with zero attached hydrogens (tertiary/aromatic N) is 4. The first-order valence-electron chi connectivity index (χ1n) is 9.15. The number of aliphatic hydroxyl groups excluding tert-OH is 1. The van der Waals surface area contributed by atoms with Gasteiger partial charge in [-0.3, -0.25) is 4.90 Å². The van der Waals surface area contributed by atoms with E-state index >= 15 is 0 Å². The monoisotopic (exact) mass is 378 g/mol. The van der Waals surface area contributed by atoms with Crippen molar-refractivity contribution in [3.63, 3.8) is 0 Å². The highest BCUT2D eigenvalue weighted by atomic mass is 16.7. The van der Waals surface area contributed by atoms with Crippen LogP contribution < -0.4 is 10.4 Å². The van der Waals surface area contributed by atoms with E-state index in [1.165, 1.54) is 0 Å². The largest absolute Gasteiger partial charge is 0.498 e. The zero-order valence-electron chi connectivity index (χ0n) is 16.3. The van der Waals surface area contributed by atoms with Crippen LogP contribution in [0.1, 0.15) is 27.7 Å². The van der Waals surface area contributed by atoms with Gasteiger partial charge in [-0.15, -0.1) is 0 Å². The number of aliphatic carboxylic acids is 1. The van der Waals surface area contributed by atoms with Crippen LogP contribution in [0.2, 0.25) is 0 Å². The van der Waals surface area contributed by atoms with E-state index < -0.39 is 30.3 Å². The van der Waals surface area contributed by atoms with Gasteiger partial charge in [0.15, 0.2) is 0 Å². The highest BCUT2D eigenvalue weighted by Gasteiger charge is 2.52. The number of aliphatic hydroxyl groups is 1. The maximum atomic E-state index is 11.7. The smallest absolute Gasteiger partial charge is 0.480 e. The number of carboxylic acids is 1. The van der Waals surface area contributed by atoms with E-state index in [4.69, 9.17) is 14.4 Å². The second-order valence-electron chi connectivity index (χ2n) is 7.98. The van der Waals surface area contributed by atoms with E-state index in [2.05, 4.69) is 9.97 Å². The van der Waals surface area contributed by atoms with E-state index in [0.717, 1.165) is 0 Å². The van der Waals surface area contributed by atoms with Gasteiger partial charge in [0.1, 0.15) is 6.04 Å². The fourth-order valence-corrected chi connectivity index (χ4v) is 3.22. The Kier molecular flexibility index (Phi) is 5.44. The van der Waals surface area contributed by atoms with E-state index in [1.807, 2.05) is 32.6 Å². The summed E-state index contributed by atoms with van der Waals surface area (Å²) >= 11 is 0. The Labute approximate surface area is 159 Å². The maximum Gasteiger partial charge on any atom is 0.498 e. The Bertz CT molecular complexity index is 668. The third kappa shape index (κ3) is 3.93. The lowest BCUT2D eigenvalue weighted by molar-refractivity contribution is -0.139. The van der Waals surface area contributed by atoms with Gasteiger partial charge in [-0.25, -0.2) is 14.8 Å². The Balaban J connectivity index is 1.74. The molecule has 2 N–H and O–H groups in total. The minimum absolute atomic E-state index is 0.00558. The number of carbonyl (C=O) groups is 1. The van der Waals surface area contributed by atoms with Crippen LogP contribution in [0.5, 0.6) is 0 Å². The van der Waals surface area contributed by atoms with Crippen LogP contribution in [0, 0.1) is 0 Å². The fourth-order valence-electron chi connectivity index (χ4n) is 3.22. The van der Waals surface area contributed by atoms with Gasteiger partial charge in [0.05, 0.1) is 17.8 Å². The van der Waals surface area contributed by atoms with Gasteiger partial charge >= 0.3 is 13.1 Å². The molecule has 1 atom stereocenters. The number of anilines is 1. The molecule has 0 aromatic carbocycles. The third-order valence-corrected chi connectivity index (χ3v) is 5.61. The molecule has 0 amide bonds. The number of piperazine rings is 1. The fraction of sp³-hybridized carbons (Fsp3) is 0.706. The summed E-state index contributed by atoms with van der Waals surface area (Å²) < 4.78 is 12.0. The summed E-state index contributed by atoms with van der Waals surface area (Å²) in [4.78, 5) is 24.0. The van der Waals surface area contributed by atoms with Gasteiger partial charge in [-0.05, 0) is 27.7 Å². The molecular formula is C17H27BN4O5. The van der Waals surface area contributed by atoms with Gasteiger partial charge in [0, 0.05) is 44.0 Å². The summed E-state index contributed by atoms with van der Waals surface area (Å²) in [5, 5.41) is 18.7. The molecule has 2 fully saturated rings. The summed E-state index contributed by atoms with van der Waals surface area (Å²) in [6.45, 7) is 9.82. The van der Waals surface area contributed by atoms with E-state index in [0.29, 0.717) is 37.6 Å². The number of rotatable bonds is 5. The van der Waals surface area contributed by atoms with E-state index in [1.54, 1.807) is 17.3 Å². The molecule has 3 heterocycles. The summed E-state index contributed by atoms with van der Waals surface area (Å²) in [5.74, 6) is -0.567. The number of β-amino-alcohol motifs (C(OH)–C–C–N with tert-alkyl or cyclic N) is 1. The quantitative estimate of drug-likeness (QED) is 0.646. The Morgan fingerprint density at radius 3 is 2.33 bits per heavy atom. The first kappa shape index (κ1) is 20.0. The second-order valence-corrected chi connectivity index (χ2v) is 7.98. The Morgan fingerprint density at radius 1 is 1.22 bits per heavy atom. The number of hydrogen-bond acceptors (Lipinski definition) is 8. The van der Waals surface area contributed by atoms with Gasteiger partial charge in [0.25, 0.3) is 0 Å². The van der Waals surface area contributed by atoms with Crippen LogP contribution >= 0.6 is 0 Å². The molecule has 2 aliphatic rings. The molecule has 1 aromatic rings. The van der Waals surface area contributed by atoms with Crippen molar-refractivity contribution in [1.82, 2.24) is 14.9 Å². The SMILES string of the molecule is CC1(C)OB(c2cnc(N3CCN(CCO)C[C@@H]3C(=O)O)nc2)OC1(C)C. The van der Waals surface area contributed by atoms with Crippen molar-refractivity contribution in [2.45, 2.75) is 44.9 Å². The minimum Gasteiger partial charge on any atom is -0.480 e. The summed E-state index contributed by atoms with van der Waals surface area (Å²) in [6.07, 6.45) is 3.26. The molecule has 0 aliphatic carbocycles. The summed E-state index contributed by atoms with van der Waals surface area (Å²) in [7, 11) is -0.555. The van der Waals surface area contributed by atoms with Gasteiger partial charge in [-0.2, -0.15) is 0 Å². The van der Waals surface area contributed by atoms with Crippen molar-refractivity contribution in [3.8, 4) is 0 Å². The maximum absolute atomic E-state index is 11.7. The Hall–Kier alpha value is -1.75. The zero-order chi connectivity index (χ0) is 19.8. The number of carboxylic acid groups (broad SMARTS) is 1. The summed E-state index contributed by atoms with van der Waals surface area (Å²) in [5.41, 5.74) is -0.204. The van der Waals surface area contributed by atoms with Crippen LogP contribution in [0.25, 0.3) is 0 Å². The standard InChI is InChI=1S/C17H27BN4O5/c1-16(2)17(3,4)27-18(26-16)12-9-19-15(20-10-12)22-6-5-21(7-8-23)11-13(22)14(24)25/h9-10,13,23H,5-8,11H2,1-4H3,(H,24,25)/t13-/m1/s1. The van der Waals surface area contributed by atoms with Gasteiger partial charge in [0.2, 0.25) is 5.95 Å². The molecule has 0 radical (unpaired) electrons. The molecule has 0 spiro atoms. The first-order chi connectivity index (χ1) is 12.6. The predicted octanol–water partition coefficient (Wildman–Crippen LogP) is -0.657. The van der Waals surface area contributed by atoms with Crippen LogP contribution in [0.15, 0.2) is 12.4 Å². The molecule has 10 heteroatoms. The van der Waals surface area contributed by atoms with Gasteiger partial charge in [-0.1, -0.05) is 0 Å². The molecule has 0 unspecified atom stereocenters. The zero-order valence-corrected chi connectivity index (χ0v) is 16.3. The van der Waals surface area contributed by atoms with Crippen LogP contribution in [-0.2, 0) is 14.1 Å². The molecule has 0 saturated carbocycles. The van der Waals surface area contributed by atoms with E-state index in [-0.39, 0.29) is 6.61 Å². The molecule has 2 aliphatic heterocycles. The average molecular weight is 378 g/mol. The predicted molar refractivity (Wildman–Crippen MR) is 100 cm³/mol. The lowest BCUT2D eigenvalue weighted by Gasteiger charge is -2.39. The normalized spacial score (nSPS) is 25.0. The lowest BCUT2D eigenvalue weighted by Crippen LogP contribution is -2.57. The van der Waals surface area contributed by atoms with Crippen molar-refractivity contribution in [3.05, 3.63) is 12.4 Å². The molecule has 3 rings (SSSR count). The highest BCUT2D eigenvalue weighted by molar-refractivity contribution is 6.61. The molecular weight excluding hydrogens is 351 g/mol. The Morgan fingerprint density at radius 2 is 1.81 bits per heavy atom. The molecule has 9 nitrogen and oxygen atoms in total. The summed E-state index contributed by atoms with van der Waals surface area (Å²) in [6, 6.07) is -0.756. The number of hydrogen-bond donors (Lipinski definition) is 2. The van der Waals surface area contributed by atoms with Crippen molar-refractivity contribution in [2.75, 3.05) is 37.7 Å². The molecule has 27 heavy (non-hydrogen) atoms. The van der Waals surface area contributed by atoms with Crippen molar-refractivity contribution in [1.29, 1.82) is 0 Å². The van der Waals surface area contributed by atoms with Crippen molar-refractivity contribution >= 4 is 24.5 Å². The van der Waals surface area contributed by atoms with E-state index in [9.17, 15) is 9.90 Å². The van der Waals surface area contributed by atoms with Crippen LogP contribution in [0.3, 0.4) is 0 Å². The minimum atomic E-state index is -0.934. The average Bonchev–Trinajstić information content (AvgIpc) is 2.83. The molecule has 148 valence electrons.